The summed E-state index contributed by atoms with van der Waals surface area (Å²) >= 11 is 0. The first-order chi connectivity index (χ1) is 18.4. The molecule has 0 heterocycles. The number of nitriles is 2. The number of aryl methyl sites for hydroxylation is 4. The molecule has 0 radical (unpaired) electrons. The van der Waals surface area contributed by atoms with Gasteiger partial charge in [0.05, 0.1) is 33.3 Å². The van der Waals surface area contributed by atoms with Crippen LogP contribution in [0, 0.1) is 50.4 Å². The van der Waals surface area contributed by atoms with Crippen LogP contribution in [0.4, 0.5) is 11.4 Å². The van der Waals surface area contributed by atoms with Crippen molar-refractivity contribution in [3.63, 3.8) is 0 Å². The first-order valence-electron chi connectivity index (χ1n) is 11.9. The SMILES string of the molecule is Cc1ccc(S(=O)(=O)Nc2cc(C(C#N)C#N)c(NS(=O)(=O)c3ccc(C)cc3C)c3ccccc23)c(C)c1. The molecule has 0 atom stereocenters. The topological polar surface area (TPSA) is 140 Å². The normalized spacial score (nSPS) is 11.7. The molecule has 39 heavy (non-hydrogen) atoms. The highest BCUT2D eigenvalue weighted by atomic mass is 32.2. The van der Waals surface area contributed by atoms with E-state index in [-0.39, 0.29) is 26.7 Å². The fourth-order valence-electron chi connectivity index (χ4n) is 4.58. The van der Waals surface area contributed by atoms with E-state index in [1.54, 1.807) is 62.4 Å². The van der Waals surface area contributed by atoms with Crippen LogP contribution in [-0.2, 0) is 20.0 Å². The molecular formula is C29H26N4O4S2. The highest BCUT2D eigenvalue weighted by Gasteiger charge is 2.26. The fourth-order valence-corrected chi connectivity index (χ4v) is 7.22. The number of rotatable bonds is 7. The molecule has 10 heteroatoms. The Hall–Kier alpha value is -4.38. The molecule has 0 aliphatic rings. The minimum Gasteiger partial charge on any atom is -0.279 e. The van der Waals surface area contributed by atoms with Gasteiger partial charge in [-0.2, -0.15) is 10.5 Å². The zero-order valence-electron chi connectivity index (χ0n) is 21.8. The summed E-state index contributed by atoms with van der Waals surface area (Å²) in [5, 5.41) is 20.2. The maximum absolute atomic E-state index is 13.5. The van der Waals surface area contributed by atoms with Gasteiger partial charge in [0.2, 0.25) is 0 Å². The van der Waals surface area contributed by atoms with Gasteiger partial charge in [-0.1, -0.05) is 59.7 Å². The number of anilines is 2. The maximum atomic E-state index is 13.5. The molecule has 4 aromatic carbocycles. The lowest BCUT2D eigenvalue weighted by Crippen LogP contribution is -2.18. The summed E-state index contributed by atoms with van der Waals surface area (Å²) in [6, 6.07) is 21.6. The van der Waals surface area contributed by atoms with Crippen LogP contribution in [0.3, 0.4) is 0 Å². The van der Waals surface area contributed by atoms with Gasteiger partial charge in [-0.3, -0.25) is 9.44 Å². The Labute approximate surface area is 228 Å². The zero-order chi connectivity index (χ0) is 28.5. The average molecular weight is 559 g/mol. The van der Waals surface area contributed by atoms with Gasteiger partial charge in [0.25, 0.3) is 20.0 Å². The first-order valence-corrected chi connectivity index (χ1v) is 14.9. The molecule has 0 amide bonds. The molecule has 0 fully saturated rings. The van der Waals surface area contributed by atoms with Crippen LogP contribution < -0.4 is 9.44 Å². The number of nitrogens with one attached hydrogen (secondary N) is 2. The second-order valence-corrected chi connectivity index (χ2v) is 12.7. The van der Waals surface area contributed by atoms with Crippen molar-refractivity contribution < 1.29 is 16.8 Å². The molecule has 198 valence electrons. The van der Waals surface area contributed by atoms with Crippen molar-refractivity contribution in [2.24, 2.45) is 0 Å². The molecule has 0 spiro atoms. The van der Waals surface area contributed by atoms with E-state index in [4.69, 9.17) is 0 Å². The third-order valence-corrected chi connectivity index (χ3v) is 9.40. The van der Waals surface area contributed by atoms with E-state index in [1.165, 1.54) is 18.2 Å². The Morgan fingerprint density at radius 3 is 1.64 bits per heavy atom. The Bertz CT molecular complexity index is 1910. The lowest BCUT2D eigenvalue weighted by molar-refractivity contribution is 0.598. The van der Waals surface area contributed by atoms with Gasteiger partial charge >= 0.3 is 0 Å². The van der Waals surface area contributed by atoms with Crippen molar-refractivity contribution in [1.82, 2.24) is 0 Å². The van der Waals surface area contributed by atoms with Crippen LogP contribution in [-0.4, -0.2) is 16.8 Å². The van der Waals surface area contributed by atoms with E-state index < -0.39 is 26.0 Å². The summed E-state index contributed by atoms with van der Waals surface area (Å²) < 4.78 is 59.0. The molecule has 4 rings (SSSR count). The monoisotopic (exact) mass is 558 g/mol. The molecule has 0 aliphatic heterocycles. The van der Waals surface area contributed by atoms with Gasteiger partial charge < -0.3 is 0 Å². The summed E-state index contributed by atoms with van der Waals surface area (Å²) in [5.74, 6) is -1.38. The molecule has 0 aromatic heterocycles. The highest BCUT2D eigenvalue weighted by Crippen LogP contribution is 2.39. The van der Waals surface area contributed by atoms with Gasteiger partial charge in [0.1, 0.15) is 0 Å². The van der Waals surface area contributed by atoms with Crippen molar-refractivity contribution >= 4 is 42.2 Å². The minimum absolute atomic E-state index is 0.0327. The second-order valence-electron chi connectivity index (χ2n) is 9.37. The molecule has 8 nitrogen and oxygen atoms in total. The summed E-state index contributed by atoms with van der Waals surface area (Å²) in [4.78, 5) is 0.128. The van der Waals surface area contributed by atoms with E-state index in [2.05, 4.69) is 9.44 Å². The van der Waals surface area contributed by atoms with Gasteiger partial charge in [-0.05, 0) is 57.0 Å². The molecular weight excluding hydrogens is 532 g/mol. The lowest BCUT2D eigenvalue weighted by atomic mass is 9.95. The Morgan fingerprint density at radius 1 is 0.667 bits per heavy atom. The van der Waals surface area contributed by atoms with Crippen molar-refractivity contribution in [3.8, 4) is 12.1 Å². The highest BCUT2D eigenvalue weighted by molar-refractivity contribution is 7.93. The smallest absolute Gasteiger partial charge is 0.262 e. The van der Waals surface area contributed by atoms with Crippen LogP contribution in [0.1, 0.15) is 33.7 Å². The third-order valence-electron chi connectivity index (χ3n) is 6.36. The average Bonchev–Trinajstić information content (AvgIpc) is 2.86. The predicted molar refractivity (Wildman–Crippen MR) is 151 cm³/mol. The number of fused-ring (bicyclic) bond motifs is 1. The number of sulfonamides is 2. The van der Waals surface area contributed by atoms with E-state index in [0.29, 0.717) is 21.9 Å². The predicted octanol–water partition coefficient (Wildman–Crippen LogP) is 5.81. The second kappa shape index (κ2) is 10.4. The summed E-state index contributed by atoms with van der Waals surface area (Å²) in [6.45, 7) is 7.08. The number of benzene rings is 4. The van der Waals surface area contributed by atoms with Gasteiger partial charge in [-0.15, -0.1) is 0 Å². The number of nitrogens with zero attached hydrogens (tertiary/aromatic N) is 2. The number of hydrogen-bond acceptors (Lipinski definition) is 6. The van der Waals surface area contributed by atoms with Crippen molar-refractivity contribution in [2.45, 2.75) is 43.4 Å². The Morgan fingerprint density at radius 2 is 1.15 bits per heavy atom. The van der Waals surface area contributed by atoms with Crippen LogP contribution in [0.25, 0.3) is 10.8 Å². The van der Waals surface area contributed by atoms with Crippen LogP contribution in [0.15, 0.2) is 76.5 Å². The van der Waals surface area contributed by atoms with Crippen molar-refractivity contribution in [2.75, 3.05) is 9.44 Å². The Kier molecular flexibility index (Phi) is 7.38. The largest absolute Gasteiger partial charge is 0.279 e. The lowest BCUT2D eigenvalue weighted by Gasteiger charge is -2.20. The Balaban J connectivity index is 1.94. The molecule has 0 unspecified atom stereocenters. The van der Waals surface area contributed by atoms with Crippen molar-refractivity contribution in [1.29, 1.82) is 10.5 Å². The third kappa shape index (κ3) is 5.44. The van der Waals surface area contributed by atoms with E-state index in [1.807, 2.05) is 26.0 Å². The maximum Gasteiger partial charge on any atom is 0.262 e. The fraction of sp³-hybridized carbons (Fsp3) is 0.172. The molecule has 0 saturated carbocycles. The molecule has 0 saturated heterocycles. The van der Waals surface area contributed by atoms with E-state index in [9.17, 15) is 27.4 Å². The van der Waals surface area contributed by atoms with Crippen LogP contribution in [0.5, 0.6) is 0 Å². The quantitative estimate of drug-likeness (QED) is 0.294. The van der Waals surface area contributed by atoms with Gasteiger partial charge in [0, 0.05) is 16.3 Å². The molecule has 4 aromatic rings. The number of hydrogen-bond donors (Lipinski definition) is 2. The summed E-state index contributed by atoms with van der Waals surface area (Å²) in [6.07, 6.45) is 0. The molecule has 0 aliphatic carbocycles. The van der Waals surface area contributed by atoms with Crippen LogP contribution in [0.2, 0.25) is 0 Å². The summed E-state index contributed by atoms with van der Waals surface area (Å²) in [5.41, 5.74) is 3.07. The van der Waals surface area contributed by atoms with Crippen LogP contribution >= 0.6 is 0 Å². The van der Waals surface area contributed by atoms with Gasteiger partial charge in [0.15, 0.2) is 5.92 Å². The van der Waals surface area contributed by atoms with E-state index >= 15 is 0 Å². The molecule has 2 N–H and O–H groups in total. The van der Waals surface area contributed by atoms with Gasteiger partial charge in [-0.25, -0.2) is 16.8 Å². The molecule has 0 bridgehead atoms. The zero-order valence-corrected chi connectivity index (χ0v) is 23.4. The first kappa shape index (κ1) is 27.6. The van der Waals surface area contributed by atoms with E-state index in [0.717, 1.165) is 11.1 Å². The summed E-state index contributed by atoms with van der Waals surface area (Å²) in [7, 11) is -8.20. The van der Waals surface area contributed by atoms with Crippen molar-refractivity contribution in [3.05, 3.63) is 94.5 Å². The standard InChI is InChI=1S/C29H26N4O4S2/c1-18-9-11-27(20(3)13-18)38(34,35)32-26-15-25(22(16-30)17-31)29(24-8-6-5-7-23(24)26)33-39(36,37)28-12-10-19(2)14-21(28)4/h5-15,22,32-33H,1-4H3. The minimum atomic E-state index is -4.13.